The number of ether oxygens (including phenoxy) is 2. The topological polar surface area (TPSA) is 99.3 Å². The molecule has 2 heterocycles. The summed E-state index contributed by atoms with van der Waals surface area (Å²) in [5, 5.41) is 6.95. The van der Waals surface area contributed by atoms with Crippen molar-refractivity contribution in [2.75, 3.05) is 19.8 Å². The maximum Gasteiger partial charge on any atom is 0.411 e. The molecule has 0 spiro atoms. The summed E-state index contributed by atoms with van der Waals surface area (Å²) in [4.78, 5) is 23.7. The standard InChI is InChI=1S/C17H28N4O4S/c1-11(2)15-19-12(10-26-15)8-24-20-14(18)13-9-23-7-6-21(13)16(22)25-17(3,4)5/h10-11,13H,6-9H2,1-5H3,(H2,18,20)/t13-/m0/s1. The molecule has 0 aromatic carbocycles. The summed E-state index contributed by atoms with van der Waals surface area (Å²) in [6.07, 6.45) is -0.440. The molecule has 1 aromatic rings. The van der Waals surface area contributed by atoms with Gasteiger partial charge >= 0.3 is 6.09 Å². The largest absolute Gasteiger partial charge is 0.444 e. The third kappa shape index (κ3) is 5.84. The summed E-state index contributed by atoms with van der Waals surface area (Å²) < 4.78 is 10.9. The van der Waals surface area contributed by atoms with E-state index in [2.05, 4.69) is 24.0 Å². The van der Waals surface area contributed by atoms with Gasteiger partial charge < -0.3 is 20.0 Å². The highest BCUT2D eigenvalue weighted by Gasteiger charge is 2.33. The van der Waals surface area contributed by atoms with Crippen LogP contribution in [0.2, 0.25) is 0 Å². The minimum Gasteiger partial charge on any atom is -0.444 e. The first-order valence-corrected chi connectivity index (χ1v) is 9.52. The molecule has 0 unspecified atom stereocenters. The lowest BCUT2D eigenvalue weighted by atomic mass is 10.2. The summed E-state index contributed by atoms with van der Waals surface area (Å²) in [7, 11) is 0. The second-order valence-electron chi connectivity index (χ2n) is 7.39. The predicted octanol–water partition coefficient (Wildman–Crippen LogP) is 2.69. The van der Waals surface area contributed by atoms with E-state index < -0.39 is 17.7 Å². The van der Waals surface area contributed by atoms with Crippen LogP contribution < -0.4 is 5.73 Å². The molecule has 2 rings (SSSR count). The third-order valence-electron chi connectivity index (χ3n) is 3.54. The molecule has 1 atom stereocenters. The van der Waals surface area contributed by atoms with Gasteiger partial charge in [0.05, 0.1) is 23.9 Å². The maximum absolute atomic E-state index is 12.4. The molecule has 146 valence electrons. The SMILES string of the molecule is CC(C)c1nc(CON=C(N)[C@@H]2COCCN2C(=O)OC(C)(C)C)cs1. The molecule has 0 bridgehead atoms. The fourth-order valence-corrected chi connectivity index (χ4v) is 3.10. The van der Waals surface area contributed by atoms with E-state index in [0.29, 0.717) is 19.1 Å². The fourth-order valence-electron chi connectivity index (χ4n) is 2.28. The number of amides is 1. The Hall–Kier alpha value is -1.87. The van der Waals surface area contributed by atoms with Gasteiger partial charge in [-0.25, -0.2) is 9.78 Å². The van der Waals surface area contributed by atoms with Gasteiger partial charge in [-0.2, -0.15) is 0 Å². The molecule has 9 heteroatoms. The molecule has 1 fully saturated rings. The second kappa shape index (κ2) is 8.68. The van der Waals surface area contributed by atoms with Crippen molar-refractivity contribution in [3.63, 3.8) is 0 Å². The highest BCUT2D eigenvalue weighted by molar-refractivity contribution is 7.09. The molecular weight excluding hydrogens is 356 g/mol. The molecule has 26 heavy (non-hydrogen) atoms. The van der Waals surface area contributed by atoms with Crippen LogP contribution in [0.15, 0.2) is 10.5 Å². The fraction of sp³-hybridized carbons (Fsp3) is 0.706. The van der Waals surface area contributed by atoms with Crippen LogP contribution in [0.5, 0.6) is 0 Å². The van der Waals surface area contributed by atoms with Gasteiger partial charge in [0.25, 0.3) is 0 Å². The Kier molecular flexibility index (Phi) is 6.82. The van der Waals surface area contributed by atoms with Gasteiger partial charge in [0, 0.05) is 17.8 Å². The molecule has 1 aliphatic rings. The van der Waals surface area contributed by atoms with Crippen molar-refractivity contribution < 1.29 is 19.1 Å². The Bertz CT molecular complexity index is 639. The van der Waals surface area contributed by atoms with Gasteiger partial charge in [0.1, 0.15) is 11.6 Å². The van der Waals surface area contributed by atoms with Gasteiger partial charge in [-0.05, 0) is 20.8 Å². The van der Waals surface area contributed by atoms with E-state index >= 15 is 0 Å². The number of carbonyl (C=O) groups excluding carboxylic acids is 1. The number of nitrogens with two attached hydrogens (primary N) is 1. The van der Waals surface area contributed by atoms with Gasteiger partial charge in [-0.3, -0.25) is 4.90 Å². The number of nitrogens with zero attached hydrogens (tertiary/aromatic N) is 3. The normalized spacial score (nSPS) is 18.9. The average Bonchev–Trinajstić information content (AvgIpc) is 3.02. The number of amidine groups is 1. The average molecular weight is 385 g/mol. The van der Waals surface area contributed by atoms with Crippen LogP contribution in [0.3, 0.4) is 0 Å². The number of oxime groups is 1. The first-order valence-electron chi connectivity index (χ1n) is 8.64. The number of thiazole rings is 1. The van der Waals surface area contributed by atoms with E-state index in [4.69, 9.17) is 20.0 Å². The molecule has 0 aliphatic carbocycles. The Morgan fingerprint density at radius 1 is 1.54 bits per heavy atom. The highest BCUT2D eigenvalue weighted by atomic mass is 32.1. The number of aromatic nitrogens is 1. The monoisotopic (exact) mass is 384 g/mol. The third-order valence-corrected chi connectivity index (χ3v) is 4.74. The molecule has 2 N–H and O–H groups in total. The van der Waals surface area contributed by atoms with Crippen LogP contribution in [0, 0.1) is 0 Å². The molecular formula is C17H28N4O4S. The van der Waals surface area contributed by atoms with Crippen LogP contribution in [-0.4, -0.2) is 53.2 Å². The van der Waals surface area contributed by atoms with E-state index in [1.54, 1.807) is 11.3 Å². The molecule has 1 aromatic heterocycles. The van der Waals surface area contributed by atoms with Gasteiger partial charge in [0.15, 0.2) is 12.4 Å². The first kappa shape index (κ1) is 20.4. The van der Waals surface area contributed by atoms with E-state index in [1.807, 2.05) is 26.2 Å². The summed E-state index contributed by atoms with van der Waals surface area (Å²) >= 11 is 1.59. The highest BCUT2D eigenvalue weighted by Crippen LogP contribution is 2.19. The van der Waals surface area contributed by atoms with E-state index in [-0.39, 0.29) is 19.0 Å². The molecule has 1 aliphatic heterocycles. The number of hydrogen-bond acceptors (Lipinski definition) is 7. The zero-order chi connectivity index (χ0) is 19.3. The summed E-state index contributed by atoms with van der Waals surface area (Å²) in [6, 6.07) is -0.514. The Morgan fingerprint density at radius 2 is 2.27 bits per heavy atom. The number of carbonyl (C=O) groups is 1. The molecule has 0 saturated carbocycles. The molecule has 8 nitrogen and oxygen atoms in total. The Balaban J connectivity index is 1.96. The first-order chi connectivity index (χ1) is 12.2. The molecule has 1 saturated heterocycles. The predicted molar refractivity (Wildman–Crippen MR) is 100 cm³/mol. The van der Waals surface area contributed by atoms with E-state index in [9.17, 15) is 4.79 Å². The number of rotatable bonds is 5. The second-order valence-corrected chi connectivity index (χ2v) is 8.28. The smallest absolute Gasteiger partial charge is 0.411 e. The summed E-state index contributed by atoms with van der Waals surface area (Å²) in [6.45, 7) is 10.9. The van der Waals surface area contributed by atoms with Crippen molar-refractivity contribution in [1.82, 2.24) is 9.88 Å². The van der Waals surface area contributed by atoms with Crippen molar-refractivity contribution in [2.45, 2.75) is 58.8 Å². The lowest BCUT2D eigenvalue weighted by Crippen LogP contribution is -2.55. The van der Waals surface area contributed by atoms with Crippen LogP contribution in [-0.2, 0) is 20.9 Å². The van der Waals surface area contributed by atoms with Crippen molar-refractivity contribution >= 4 is 23.3 Å². The van der Waals surface area contributed by atoms with Crippen molar-refractivity contribution in [3.8, 4) is 0 Å². The van der Waals surface area contributed by atoms with Gasteiger partial charge in [0.2, 0.25) is 0 Å². The maximum atomic E-state index is 12.4. The Morgan fingerprint density at radius 3 is 2.88 bits per heavy atom. The number of morpholine rings is 1. The minimum atomic E-state index is -0.582. The van der Waals surface area contributed by atoms with Crippen LogP contribution in [0.1, 0.15) is 51.2 Å². The van der Waals surface area contributed by atoms with Crippen LogP contribution >= 0.6 is 11.3 Å². The summed E-state index contributed by atoms with van der Waals surface area (Å²) in [5.41, 5.74) is 6.26. The van der Waals surface area contributed by atoms with Gasteiger partial charge in [-0.1, -0.05) is 19.0 Å². The van der Waals surface area contributed by atoms with Crippen LogP contribution in [0.4, 0.5) is 4.79 Å². The van der Waals surface area contributed by atoms with E-state index in [1.165, 1.54) is 4.90 Å². The summed E-state index contributed by atoms with van der Waals surface area (Å²) in [5.74, 6) is 0.555. The van der Waals surface area contributed by atoms with Crippen molar-refractivity contribution in [1.29, 1.82) is 0 Å². The number of hydrogen-bond donors (Lipinski definition) is 1. The van der Waals surface area contributed by atoms with E-state index in [0.717, 1.165) is 10.7 Å². The van der Waals surface area contributed by atoms with Gasteiger partial charge in [-0.15, -0.1) is 11.3 Å². The zero-order valence-corrected chi connectivity index (χ0v) is 16.8. The van der Waals surface area contributed by atoms with Crippen LogP contribution in [0.25, 0.3) is 0 Å². The minimum absolute atomic E-state index is 0.176. The lowest BCUT2D eigenvalue weighted by molar-refractivity contribution is -0.0190. The quantitative estimate of drug-likeness (QED) is 0.476. The lowest BCUT2D eigenvalue weighted by Gasteiger charge is -2.35. The molecule has 1 amide bonds. The van der Waals surface area contributed by atoms with Crippen molar-refractivity contribution in [2.24, 2.45) is 10.9 Å². The zero-order valence-electron chi connectivity index (χ0n) is 16.0. The van der Waals surface area contributed by atoms with Crippen molar-refractivity contribution in [3.05, 3.63) is 16.1 Å². The Labute approximate surface area is 158 Å². The molecule has 0 radical (unpaired) electrons.